The average molecular weight is 499 g/mol. The lowest BCUT2D eigenvalue weighted by molar-refractivity contribution is 0.545. The predicted octanol–water partition coefficient (Wildman–Crippen LogP) is 3.50. The van der Waals surface area contributed by atoms with E-state index in [-0.39, 0.29) is 15.5 Å². The molecule has 0 unspecified atom stereocenters. The number of hydrogen-bond acceptors (Lipinski definition) is 4. The van der Waals surface area contributed by atoms with Crippen molar-refractivity contribution in [2.45, 2.75) is 6.92 Å². The van der Waals surface area contributed by atoms with Crippen LogP contribution in [0.25, 0.3) is 23.5 Å². The summed E-state index contributed by atoms with van der Waals surface area (Å²) in [4.78, 5) is 34.7. The highest BCUT2D eigenvalue weighted by Gasteiger charge is 2.17. The Morgan fingerprint density at radius 2 is 1.49 bits per heavy atom. The van der Waals surface area contributed by atoms with Crippen LogP contribution in [0, 0.1) is 11.7 Å². The first-order valence-electron chi connectivity index (χ1n) is 10.8. The van der Waals surface area contributed by atoms with Gasteiger partial charge in [0.1, 0.15) is 10.7 Å². The van der Waals surface area contributed by atoms with Gasteiger partial charge in [0.25, 0.3) is 11.1 Å². The molecule has 3 aromatic carbocycles. The Morgan fingerprint density at radius 1 is 0.829 bits per heavy atom. The highest BCUT2D eigenvalue weighted by molar-refractivity contribution is 7.71. The summed E-state index contributed by atoms with van der Waals surface area (Å²) in [5, 5.41) is 0.863. The summed E-state index contributed by atoms with van der Waals surface area (Å²) in [7, 11) is 0. The molecule has 0 atom stereocenters. The van der Waals surface area contributed by atoms with E-state index in [1.54, 1.807) is 36.4 Å². The monoisotopic (exact) mass is 498 g/mol. The molecule has 8 heteroatoms. The third-order valence-electron chi connectivity index (χ3n) is 5.49. The Kier molecular flexibility index (Phi) is 6.03. The standard InChI is InChI=1S/C27H19ClN4O2S/c1-17-7-9-19(10-8-17)16-23-26(34)32-25(33)22(15-18-5-3-2-4-6-18)29-24(31(32)27(35)30-23)20-11-13-21(28)14-12-20/h2-16H,1H3,(H,30,35)/b22-15+,23-16+. The van der Waals surface area contributed by atoms with E-state index < -0.39 is 11.1 Å². The molecule has 1 N–H and O–H groups in total. The molecule has 5 rings (SSSR count). The van der Waals surface area contributed by atoms with Crippen molar-refractivity contribution >= 4 is 36.0 Å². The Morgan fingerprint density at radius 3 is 2.17 bits per heavy atom. The minimum Gasteiger partial charge on any atom is -0.326 e. The highest BCUT2D eigenvalue weighted by Crippen LogP contribution is 2.18. The van der Waals surface area contributed by atoms with E-state index >= 15 is 0 Å². The van der Waals surface area contributed by atoms with Gasteiger partial charge in [-0.2, -0.15) is 9.35 Å². The molecule has 35 heavy (non-hydrogen) atoms. The van der Waals surface area contributed by atoms with Crippen molar-refractivity contribution in [3.8, 4) is 11.4 Å². The van der Waals surface area contributed by atoms with E-state index in [0.717, 1.165) is 21.4 Å². The number of benzene rings is 3. The van der Waals surface area contributed by atoms with Crippen LogP contribution in [0.4, 0.5) is 0 Å². The maximum atomic E-state index is 13.6. The molecule has 0 radical (unpaired) electrons. The maximum absolute atomic E-state index is 13.6. The summed E-state index contributed by atoms with van der Waals surface area (Å²) in [6.07, 6.45) is 3.32. The Bertz CT molecular complexity index is 1800. The molecule has 2 aliphatic rings. The highest BCUT2D eigenvalue weighted by atomic mass is 35.5. The molecule has 0 saturated carbocycles. The molecule has 0 fully saturated rings. The van der Waals surface area contributed by atoms with Crippen LogP contribution in [0.2, 0.25) is 5.02 Å². The molecule has 0 aromatic heterocycles. The SMILES string of the molecule is Cc1ccc(/C=c2/[nH]c(=S)n3c(-c4ccc(Cl)cc4)n/c(=C/c4ccccc4)c(=O)n-3c2=O)cc1. The van der Waals surface area contributed by atoms with Gasteiger partial charge in [-0.25, -0.2) is 4.98 Å². The molecule has 0 spiro atoms. The molecule has 0 saturated heterocycles. The largest absolute Gasteiger partial charge is 0.326 e. The van der Waals surface area contributed by atoms with Crippen LogP contribution in [0.15, 0.2) is 88.5 Å². The van der Waals surface area contributed by atoms with Gasteiger partial charge in [-0.3, -0.25) is 9.59 Å². The lowest BCUT2D eigenvalue weighted by atomic mass is 10.1. The Hall–Kier alpha value is -4.07. The summed E-state index contributed by atoms with van der Waals surface area (Å²) in [6, 6.07) is 24.0. The van der Waals surface area contributed by atoms with Crippen LogP contribution in [0.3, 0.4) is 0 Å². The number of hydrogen-bond donors (Lipinski definition) is 1. The lowest BCUT2D eigenvalue weighted by Crippen LogP contribution is -2.54. The predicted molar refractivity (Wildman–Crippen MR) is 141 cm³/mol. The first kappa shape index (κ1) is 22.7. The molecule has 6 nitrogen and oxygen atoms in total. The molecular formula is C27H19ClN4O2S. The number of aromatic nitrogens is 4. The van der Waals surface area contributed by atoms with Gasteiger partial charge in [-0.05, 0) is 66.7 Å². The summed E-state index contributed by atoms with van der Waals surface area (Å²) >= 11 is 11.7. The third kappa shape index (κ3) is 4.51. The number of aromatic amines is 1. The number of rotatable bonds is 3. The summed E-state index contributed by atoms with van der Waals surface area (Å²) < 4.78 is 2.52. The number of halogens is 1. The lowest BCUT2D eigenvalue weighted by Gasteiger charge is -2.16. The first-order valence-corrected chi connectivity index (χ1v) is 11.6. The van der Waals surface area contributed by atoms with Crippen molar-refractivity contribution in [2.75, 3.05) is 0 Å². The van der Waals surface area contributed by atoms with Gasteiger partial charge in [0, 0.05) is 10.6 Å². The smallest absolute Gasteiger partial charge is 0.299 e. The minimum absolute atomic E-state index is 0.116. The topological polar surface area (TPSA) is 72.7 Å². The van der Waals surface area contributed by atoms with Crippen LogP contribution in [0.1, 0.15) is 16.7 Å². The summed E-state index contributed by atoms with van der Waals surface area (Å²) in [5.74, 6) is 0.337. The molecule has 0 aliphatic carbocycles. The van der Waals surface area contributed by atoms with E-state index in [1.165, 1.54) is 4.68 Å². The Balaban J connectivity index is 1.90. The van der Waals surface area contributed by atoms with Gasteiger partial charge in [0.15, 0.2) is 10.6 Å². The number of nitrogens with one attached hydrogen (secondary N) is 1. The van der Waals surface area contributed by atoms with Gasteiger partial charge in [-0.15, -0.1) is 0 Å². The van der Waals surface area contributed by atoms with Crippen LogP contribution in [0.5, 0.6) is 0 Å². The van der Waals surface area contributed by atoms with E-state index in [2.05, 4.69) is 9.97 Å². The van der Waals surface area contributed by atoms with Crippen molar-refractivity contribution in [2.24, 2.45) is 0 Å². The summed E-state index contributed by atoms with van der Waals surface area (Å²) in [5.41, 5.74) is 2.22. The van der Waals surface area contributed by atoms with Crippen LogP contribution >= 0.6 is 23.8 Å². The molecular weight excluding hydrogens is 480 g/mol. The molecule has 2 aliphatic heterocycles. The maximum Gasteiger partial charge on any atom is 0.299 e. The molecule has 0 bridgehead atoms. The fraction of sp³-hybridized carbons (Fsp3) is 0.0370. The second-order valence-electron chi connectivity index (χ2n) is 8.02. The van der Waals surface area contributed by atoms with Crippen LogP contribution in [-0.4, -0.2) is 19.3 Å². The van der Waals surface area contributed by atoms with Gasteiger partial charge in [0.2, 0.25) is 0 Å². The second kappa shape index (κ2) is 9.29. The van der Waals surface area contributed by atoms with Gasteiger partial charge in [-0.1, -0.05) is 71.8 Å². The van der Waals surface area contributed by atoms with E-state index in [0.29, 0.717) is 16.4 Å². The normalized spacial score (nSPS) is 12.4. The van der Waals surface area contributed by atoms with Crippen molar-refractivity contribution in [1.29, 1.82) is 0 Å². The van der Waals surface area contributed by atoms with E-state index in [4.69, 9.17) is 23.8 Å². The van der Waals surface area contributed by atoms with Crippen molar-refractivity contribution in [3.05, 3.63) is 137 Å². The quantitative estimate of drug-likeness (QED) is 0.386. The number of H-pyrrole nitrogens is 1. The van der Waals surface area contributed by atoms with Gasteiger partial charge in [0.05, 0.1) is 0 Å². The Labute approximate surface area is 210 Å². The number of aryl methyl sites for hydroxylation is 1. The van der Waals surface area contributed by atoms with Gasteiger partial charge >= 0.3 is 0 Å². The average Bonchev–Trinajstić information content (AvgIpc) is 2.86. The molecule has 3 aromatic rings. The number of fused-ring (bicyclic) bond motifs is 1. The van der Waals surface area contributed by atoms with Crippen LogP contribution in [-0.2, 0) is 0 Å². The van der Waals surface area contributed by atoms with Crippen molar-refractivity contribution < 1.29 is 0 Å². The van der Waals surface area contributed by atoms with E-state index in [9.17, 15) is 9.59 Å². The fourth-order valence-corrected chi connectivity index (χ4v) is 4.13. The van der Waals surface area contributed by atoms with Crippen molar-refractivity contribution in [3.63, 3.8) is 0 Å². The fourth-order valence-electron chi connectivity index (χ4n) is 3.72. The molecule has 2 heterocycles. The van der Waals surface area contributed by atoms with Crippen molar-refractivity contribution in [1.82, 2.24) is 19.3 Å². The third-order valence-corrected chi connectivity index (χ3v) is 6.02. The zero-order valence-corrected chi connectivity index (χ0v) is 20.2. The van der Waals surface area contributed by atoms with Gasteiger partial charge < -0.3 is 4.98 Å². The zero-order valence-electron chi connectivity index (χ0n) is 18.6. The minimum atomic E-state index is -0.574. The zero-order chi connectivity index (χ0) is 24.5. The summed E-state index contributed by atoms with van der Waals surface area (Å²) in [6.45, 7) is 1.98. The molecule has 172 valence electrons. The molecule has 0 amide bonds. The van der Waals surface area contributed by atoms with Crippen LogP contribution < -0.4 is 21.8 Å². The van der Waals surface area contributed by atoms with E-state index in [1.807, 2.05) is 61.5 Å². The first-order chi connectivity index (χ1) is 16.9. The number of nitrogens with zero attached hydrogens (tertiary/aromatic N) is 3. The second-order valence-corrected chi connectivity index (χ2v) is 8.84.